The monoisotopic (exact) mass is 272 g/mol. The van der Waals surface area contributed by atoms with Gasteiger partial charge in [0.1, 0.15) is 17.1 Å². The van der Waals surface area contributed by atoms with Crippen molar-refractivity contribution in [1.82, 2.24) is 9.78 Å². The summed E-state index contributed by atoms with van der Waals surface area (Å²) >= 11 is 5.63. The number of aromatic nitrogens is 2. The minimum absolute atomic E-state index is 0.00514. The first-order chi connectivity index (χ1) is 8.69. The quantitative estimate of drug-likeness (QED) is 0.796. The van der Waals surface area contributed by atoms with Crippen LogP contribution in [0.15, 0.2) is 30.5 Å². The molecule has 0 saturated carbocycles. The zero-order valence-corrected chi connectivity index (χ0v) is 10.4. The van der Waals surface area contributed by atoms with E-state index >= 15 is 0 Å². The van der Waals surface area contributed by atoms with Gasteiger partial charge in [0.15, 0.2) is 0 Å². The highest BCUT2D eigenvalue weighted by Crippen LogP contribution is 2.30. The van der Waals surface area contributed by atoms with Gasteiger partial charge in [-0.1, -0.05) is 12.1 Å². The van der Waals surface area contributed by atoms with Crippen LogP contribution >= 0.6 is 11.6 Å². The molecule has 0 unspecified atom stereocenters. The molecule has 1 aromatic carbocycles. The van der Waals surface area contributed by atoms with Crippen molar-refractivity contribution in [3.05, 3.63) is 41.7 Å². The molecule has 0 amide bonds. The third-order valence-electron chi connectivity index (χ3n) is 2.55. The van der Waals surface area contributed by atoms with Crippen molar-refractivity contribution < 1.29 is 13.5 Å². The number of benzene rings is 1. The number of halogens is 3. The topological polar surface area (TPSA) is 27.1 Å². The van der Waals surface area contributed by atoms with Crippen molar-refractivity contribution in [1.29, 1.82) is 0 Å². The molecule has 6 heteroatoms. The normalized spacial score (nSPS) is 10.9. The van der Waals surface area contributed by atoms with Crippen LogP contribution in [0, 0.1) is 0 Å². The molecule has 0 aliphatic rings. The highest BCUT2D eigenvalue weighted by Gasteiger charge is 2.21. The molecule has 0 aliphatic carbocycles. The van der Waals surface area contributed by atoms with Crippen molar-refractivity contribution in [3.8, 4) is 11.4 Å². The number of para-hydroxylation sites is 2. The van der Waals surface area contributed by atoms with Gasteiger partial charge in [0, 0.05) is 5.56 Å². The molecule has 0 N–H and O–H groups in total. The summed E-state index contributed by atoms with van der Waals surface area (Å²) < 4.78 is 32.4. The van der Waals surface area contributed by atoms with Crippen LogP contribution in [-0.4, -0.2) is 16.9 Å². The fourth-order valence-corrected chi connectivity index (χ4v) is 1.93. The molecule has 1 heterocycles. The zero-order chi connectivity index (χ0) is 13.1. The van der Waals surface area contributed by atoms with Crippen molar-refractivity contribution in [2.75, 3.05) is 7.11 Å². The summed E-state index contributed by atoms with van der Waals surface area (Å²) in [4.78, 5) is 0. The van der Waals surface area contributed by atoms with Crippen LogP contribution in [0.2, 0.25) is 0 Å². The Morgan fingerprint density at radius 1 is 1.39 bits per heavy atom. The Morgan fingerprint density at radius 2 is 2.11 bits per heavy atom. The Hall–Kier alpha value is -1.62. The van der Waals surface area contributed by atoms with Crippen LogP contribution in [0.3, 0.4) is 0 Å². The smallest absolute Gasteiger partial charge is 0.280 e. The van der Waals surface area contributed by atoms with E-state index in [1.807, 2.05) is 0 Å². The number of hydrogen-bond donors (Lipinski definition) is 0. The summed E-state index contributed by atoms with van der Waals surface area (Å²) in [6, 6.07) is 6.84. The van der Waals surface area contributed by atoms with E-state index < -0.39 is 6.43 Å². The van der Waals surface area contributed by atoms with Gasteiger partial charge in [-0.3, -0.25) is 0 Å². The summed E-state index contributed by atoms with van der Waals surface area (Å²) in [6.45, 7) is 0. The van der Waals surface area contributed by atoms with Crippen LogP contribution in [0.5, 0.6) is 5.75 Å². The Balaban J connectivity index is 2.60. The number of ether oxygens (including phenoxy) is 1. The van der Waals surface area contributed by atoms with E-state index in [2.05, 4.69) is 5.10 Å². The molecule has 2 rings (SSSR count). The lowest BCUT2D eigenvalue weighted by molar-refractivity contribution is 0.142. The number of rotatable bonds is 4. The summed E-state index contributed by atoms with van der Waals surface area (Å²) in [5.74, 6) is 0.470. The number of nitrogens with zero attached hydrogens (tertiary/aromatic N) is 2. The van der Waals surface area contributed by atoms with Gasteiger partial charge in [0.2, 0.25) is 0 Å². The van der Waals surface area contributed by atoms with Gasteiger partial charge < -0.3 is 4.74 Å². The van der Waals surface area contributed by atoms with Crippen LogP contribution in [-0.2, 0) is 5.88 Å². The Bertz CT molecular complexity index is 543. The minimum Gasteiger partial charge on any atom is -0.494 e. The van der Waals surface area contributed by atoms with Gasteiger partial charge in [-0.15, -0.1) is 11.6 Å². The van der Waals surface area contributed by atoms with E-state index in [1.54, 1.807) is 24.3 Å². The van der Waals surface area contributed by atoms with Gasteiger partial charge in [0.25, 0.3) is 6.43 Å². The predicted molar refractivity (Wildman–Crippen MR) is 64.6 cm³/mol. The second kappa shape index (κ2) is 5.35. The second-order valence-corrected chi connectivity index (χ2v) is 3.84. The lowest BCUT2D eigenvalue weighted by Crippen LogP contribution is -2.05. The fraction of sp³-hybridized carbons (Fsp3) is 0.250. The van der Waals surface area contributed by atoms with E-state index in [1.165, 1.54) is 18.0 Å². The minimum atomic E-state index is -2.65. The highest BCUT2D eigenvalue weighted by atomic mass is 35.5. The van der Waals surface area contributed by atoms with Crippen molar-refractivity contribution in [3.63, 3.8) is 0 Å². The Morgan fingerprint density at radius 3 is 2.72 bits per heavy atom. The van der Waals surface area contributed by atoms with Crippen molar-refractivity contribution >= 4 is 11.6 Å². The molecule has 0 radical (unpaired) electrons. The predicted octanol–water partition coefficient (Wildman–Crippen LogP) is 3.56. The van der Waals surface area contributed by atoms with Gasteiger partial charge in [-0.05, 0) is 12.1 Å². The average Bonchev–Trinajstić information content (AvgIpc) is 2.82. The maximum atomic E-state index is 13.1. The van der Waals surface area contributed by atoms with Gasteiger partial charge in [-0.2, -0.15) is 5.10 Å². The van der Waals surface area contributed by atoms with Gasteiger partial charge >= 0.3 is 0 Å². The van der Waals surface area contributed by atoms with E-state index in [4.69, 9.17) is 16.3 Å². The lowest BCUT2D eigenvalue weighted by Gasteiger charge is -2.11. The third kappa shape index (κ3) is 2.18. The first-order valence-electron chi connectivity index (χ1n) is 5.23. The molecular formula is C12H11ClF2N2O. The molecule has 0 atom stereocenters. The van der Waals surface area contributed by atoms with E-state index in [0.29, 0.717) is 17.0 Å². The van der Waals surface area contributed by atoms with Gasteiger partial charge in [-0.25, -0.2) is 13.5 Å². The molecule has 0 spiro atoms. The van der Waals surface area contributed by atoms with E-state index in [-0.39, 0.29) is 11.6 Å². The summed E-state index contributed by atoms with van der Waals surface area (Å²) in [5.41, 5.74) is 0.582. The fourth-order valence-electron chi connectivity index (χ4n) is 1.72. The molecular weight excluding hydrogens is 262 g/mol. The van der Waals surface area contributed by atoms with Crippen LogP contribution in [0.1, 0.15) is 17.7 Å². The molecule has 0 saturated heterocycles. The molecule has 18 heavy (non-hydrogen) atoms. The van der Waals surface area contributed by atoms with Crippen LogP contribution in [0.25, 0.3) is 5.69 Å². The number of methoxy groups -OCH3 is 1. The highest BCUT2D eigenvalue weighted by molar-refractivity contribution is 6.17. The average molecular weight is 273 g/mol. The van der Waals surface area contributed by atoms with Crippen LogP contribution < -0.4 is 4.74 Å². The number of alkyl halides is 3. The van der Waals surface area contributed by atoms with E-state index in [0.717, 1.165) is 0 Å². The Labute approximate surface area is 108 Å². The SMILES string of the molecule is COc1ccccc1-n1ncc(CCl)c1C(F)F. The summed E-state index contributed by atoms with van der Waals surface area (Å²) in [6.07, 6.45) is -1.30. The lowest BCUT2D eigenvalue weighted by atomic mass is 10.2. The zero-order valence-electron chi connectivity index (χ0n) is 9.61. The standard InChI is InChI=1S/C12H11ClF2N2O/c1-18-10-5-3-2-4-9(10)17-11(12(14)15)8(6-13)7-16-17/h2-5,7,12H,6H2,1H3. The Kier molecular flexibility index (Phi) is 3.81. The molecule has 96 valence electrons. The third-order valence-corrected chi connectivity index (χ3v) is 2.84. The molecule has 0 aliphatic heterocycles. The summed E-state index contributed by atoms with van der Waals surface area (Å²) in [7, 11) is 1.48. The maximum absolute atomic E-state index is 13.1. The number of hydrogen-bond acceptors (Lipinski definition) is 2. The molecule has 0 fully saturated rings. The molecule has 3 nitrogen and oxygen atoms in total. The van der Waals surface area contributed by atoms with Gasteiger partial charge in [0.05, 0.1) is 19.2 Å². The second-order valence-electron chi connectivity index (χ2n) is 3.57. The summed E-state index contributed by atoms with van der Waals surface area (Å²) in [5, 5.41) is 3.96. The van der Waals surface area contributed by atoms with Crippen LogP contribution in [0.4, 0.5) is 8.78 Å². The van der Waals surface area contributed by atoms with E-state index in [9.17, 15) is 8.78 Å². The molecule has 1 aromatic heterocycles. The first kappa shape index (κ1) is 12.8. The maximum Gasteiger partial charge on any atom is 0.280 e. The first-order valence-corrected chi connectivity index (χ1v) is 5.76. The van der Waals surface area contributed by atoms with Crippen molar-refractivity contribution in [2.24, 2.45) is 0 Å². The molecule has 0 bridgehead atoms. The largest absolute Gasteiger partial charge is 0.494 e. The molecule has 2 aromatic rings. The van der Waals surface area contributed by atoms with Crippen molar-refractivity contribution in [2.45, 2.75) is 12.3 Å².